The molecular weight excluding hydrogens is 1010 g/mol. The smallest absolute Gasteiger partial charge is 0.269 e. The standard InChI is InChI=1S/C56H83N5O17/c1-28-39(63)42(66)44(68)47(74-28)78-46-41(65)35(76-48-45(69)43(67)40(64)34(26-62)75-48)27-73-49(46)77-38-16-17-53(6)36(52(38,4)5)15-18-55(8)37(53)14-13-32-33-23-51(2,3)19-21-56(33,22-20-54(32,55)7)50(70)57-24-29-25-60(59-58-29)30-9-11-31(12-10-30)61(71)72/h9-13,25,28,33-49,62-69H,14-24,26-27H2,1-8H3,(H,57,70)/t28-,33-,34+,35-,36-,37+,38-,39-,40+,41-,42+,43-,44+,45+,46+,47-,48-,49-,53-,54+,55+,56-/m0/s1. The number of aliphatic hydroxyl groups is 8. The van der Waals surface area contributed by atoms with Gasteiger partial charge < -0.3 is 74.6 Å². The quantitative estimate of drug-likeness (QED) is 0.0638. The van der Waals surface area contributed by atoms with Gasteiger partial charge in [0, 0.05) is 12.1 Å². The predicted molar refractivity (Wildman–Crippen MR) is 275 cm³/mol. The van der Waals surface area contributed by atoms with Crippen LogP contribution in [-0.2, 0) is 39.8 Å². The molecule has 434 valence electrons. The Morgan fingerprint density at radius 1 is 0.795 bits per heavy atom. The fourth-order valence-corrected chi connectivity index (χ4v) is 16.4. The van der Waals surface area contributed by atoms with Gasteiger partial charge in [-0.1, -0.05) is 65.3 Å². The van der Waals surface area contributed by atoms with Crippen LogP contribution in [0.25, 0.3) is 5.69 Å². The minimum absolute atomic E-state index is 0.0197. The van der Waals surface area contributed by atoms with Crippen molar-refractivity contribution < 1.29 is 79.0 Å². The van der Waals surface area contributed by atoms with E-state index in [0.717, 1.165) is 57.8 Å². The summed E-state index contributed by atoms with van der Waals surface area (Å²) in [4.78, 5) is 25.7. The fourth-order valence-electron chi connectivity index (χ4n) is 16.4. The number of aliphatic hydroxyl groups excluding tert-OH is 8. The van der Waals surface area contributed by atoms with Crippen molar-refractivity contribution in [2.75, 3.05) is 13.2 Å². The number of non-ortho nitro benzene ring substituents is 1. The molecule has 0 unspecified atom stereocenters. The van der Waals surface area contributed by atoms with E-state index >= 15 is 0 Å². The number of nitrogens with zero attached hydrogens (tertiary/aromatic N) is 4. The highest BCUT2D eigenvalue weighted by atomic mass is 16.8. The normalized spacial score (nSPS) is 45.9. The summed E-state index contributed by atoms with van der Waals surface area (Å²) in [6.07, 6.45) is -8.56. The van der Waals surface area contributed by atoms with E-state index in [0.29, 0.717) is 23.7 Å². The molecule has 2 aromatic rings. The number of aromatic nitrogens is 3. The van der Waals surface area contributed by atoms with Crippen LogP contribution in [0.1, 0.15) is 125 Å². The topological polar surface area (TPSA) is 320 Å². The van der Waals surface area contributed by atoms with Gasteiger partial charge >= 0.3 is 0 Å². The Hall–Kier alpha value is -3.59. The minimum Gasteiger partial charge on any atom is -0.394 e. The van der Waals surface area contributed by atoms with Gasteiger partial charge in [0.1, 0.15) is 66.7 Å². The lowest BCUT2D eigenvalue weighted by Gasteiger charge is -2.71. The number of hydrogen-bond acceptors (Lipinski definition) is 19. The summed E-state index contributed by atoms with van der Waals surface area (Å²) in [5, 5.41) is 109. The van der Waals surface area contributed by atoms with Crippen molar-refractivity contribution in [2.45, 2.75) is 218 Å². The Balaban J connectivity index is 0.866. The first-order valence-electron chi connectivity index (χ1n) is 28.1. The number of rotatable bonds is 12. The van der Waals surface area contributed by atoms with E-state index in [1.807, 2.05) is 0 Å². The van der Waals surface area contributed by atoms with Gasteiger partial charge in [-0.05, 0) is 128 Å². The maximum Gasteiger partial charge on any atom is 0.269 e. The van der Waals surface area contributed by atoms with Gasteiger partial charge in [0.2, 0.25) is 5.91 Å². The summed E-state index contributed by atoms with van der Waals surface area (Å²) >= 11 is 0. The molecule has 22 heteroatoms. The third-order valence-corrected chi connectivity index (χ3v) is 21.3. The van der Waals surface area contributed by atoms with E-state index in [9.17, 15) is 55.8 Å². The largest absolute Gasteiger partial charge is 0.394 e. The third kappa shape index (κ3) is 9.57. The van der Waals surface area contributed by atoms with Crippen molar-refractivity contribution in [1.29, 1.82) is 0 Å². The molecule has 0 spiro atoms. The number of benzene rings is 1. The Morgan fingerprint density at radius 3 is 2.17 bits per heavy atom. The molecule has 4 saturated carbocycles. The predicted octanol–water partition coefficient (Wildman–Crippen LogP) is 3.09. The molecule has 78 heavy (non-hydrogen) atoms. The molecule has 1 amide bonds. The van der Waals surface area contributed by atoms with Crippen molar-refractivity contribution in [3.05, 3.63) is 57.9 Å². The fraction of sp³-hybridized carbons (Fsp3) is 0.804. The number of hydrogen-bond donors (Lipinski definition) is 9. The molecule has 22 atom stereocenters. The molecule has 3 saturated heterocycles. The zero-order valence-corrected chi connectivity index (χ0v) is 46.1. The molecular formula is C56H83N5O17. The first-order valence-corrected chi connectivity index (χ1v) is 28.1. The minimum atomic E-state index is -1.77. The molecule has 9 N–H and O–H groups in total. The van der Waals surface area contributed by atoms with E-state index in [4.69, 9.17) is 28.4 Å². The van der Waals surface area contributed by atoms with Crippen LogP contribution in [0.3, 0.4) is 0 Å². The van der Waals surface area contributed by atoms with E-state index in [1.54, 1.807) is 23.0 Å². The van der Waals surface area contributed by atoms with Crippen LogP contribution in [0.15, 0.2) is 42.1 Å². The lowest BCUT2D eigenvalue weighted by molar-refractivity contribution is -0.384. The Kier molecular flexibility index (Phi) is 15.5. The average Bonchev–Trinajstić information content (AvgIpc) is 4.03. The highest BCUT2D eigenvalue weighted by Crippen LogP contribution is 2.76. The maximum absolute atomic E-state index is 14.9. The number of allylic oxidation sites excluding steroid dienone is 2. The van der Waals surface area contributed by atoms with Crippen molar-refractivity contribution in [2.24, 2.45) is 50.2 Å². The lowest BCUT2D eigenvalue weighted by Crippen LogP contribution is -2.66. The van der Waals surface area contributed by atoms with E-state index in [1.165, 1.54) is 24.6 Å². The second kappa shape index (κ2) is 21.0. The molecule has 1 aromatic carbocycles. The monoisotopic (exact) mass is 1100 g/mol. The number of fused-ring (bicyclic) bond motifs is 7. The summed E-state index contributed by atoms with van der Waals surface area (Å²) < 4.78 is 38.6. The van der Waals surface area contributed by atoms with E-state index in [2.05, 4.69) is 70.2 Å². The van der Waals surface area contributed by atoms with Gasteiger partial charge in [0.25, 0.3) is 5.69 Å². The molecule has 22 nitrogen and oxygen atoms in total. The summed E-state index contributed by atoms with van der Waals surface area (Å²) in [5.41, 5.74) is 1.24. The molecule has 3 aliphatic heterocycles. The zero-order chi connectivity index (χ0) is 56.2. The number of nitro benzene ring substituents is 1. The first kappa shape index (κ1) is 57.6. The maximum atomic E-state index is 14.9. The number of carbonyl (C=O) groups is 1. The highest BCUT2D eigenvalue weighted by Gasteiger charge is 2.70. The van der Waals surface area contributed by atoms with Crippen LogP contribution in [0.4, 0.5) is 5.69 Å². The Bertz CT molecular complexity index is 2550. The Labute approximate surface area is 454 Å². The number of nitrogens with one attached hydrogen (secondary N) is 1. The number of ether oxygens (including phenoxy) is 6. The molecule has 8 aliphatic rings. The third-order valence-electron chi connectivity index (χ3n) is 21.3. The van der Waals surface area contributed by atoms with Crippen molar-refractivity contribution in [3.8, 4) is 5.69 Å². The van der Waals surface area contributed by atoms with Crippen LogP contribution in [0.5, 0.6) is 0 Å². The van der Waals surface area contributed by atoms with Gasteiger partial charge in [-0.3, -0.25) is 14.9 Å². The van der Waals surface area contributed by atoms with Gasteiger partial charge in [-0.2, -0.15) is 0 Å². The van der Waals surface area contributed by atoms with Gasteiger partial charge in [0.05, 0.1) is 54.2 Å². The lowest BCUT2D eigenvalue weighted by atomic mass is 9.33. The SMILES string of the molecule is C[C@@H]1O[C@@H](O[C@H]2[C@H](O[C@H]3CC[C@]4(C)[C@H]5CC=C6[C@@H]7CC(C)(C)CC[C@]7(C(=O)NCc7cn(-c8ccc([N+](=O)[O-])cc8)nn7)CC[C@@]6(C)[C@]5(C)CC[C@H]4C3(C)C)OC[C@H](O[C@@H]3O[C@H](CO)[C@@H](O)[C@H](O)[C@H]3O)[C@@H]2O)[C@H](O)[C@H](O)[C@H]1O. The van der Waals surface area contributed by atoms with Gasteiger partial charge in [-0.15, -0.1) is 5.10 Å². The zero-order valence-electron chi connectivity index (χ0n) is 46.1. The van der Waals surface area contributed by atoms with Crippen molar-refractivity contribution in [1.82, 2.24) is 20.3 Å². The van der Waals surface area contributed by atoms with Crippen LogP contribution < -0.4 is 5.32 Å². The van der Waals surface area contributed by atoms with Crippen molar-refractivity contribution in [3.63, 3.8) is 0 Å². The molecule has 0 bridgehead atoms. The molecule has 10 rings (SSSR count). The van der Waals surface area contributed by atoms with Crippen molar-refractivity contribution >= 4 is 11.6 Å². The van der Waals surface area contributed by atoms with Crippen LogP contribution in [0.2, 0.25) is 0 Å². The van der Waals surface area contributed by atoms with Gasteiger partial charge in [0.15, 0.2) is 18.9 Å². The van der Waals surface area contributed by atoms with Crippen LogP contribution >= 0.6 is 0 Å². The average molecular weight is 1100 g/mol. The second-order valence-electron chi connectivity index (χ2n) is 26.3. The Morgan fingerprint density at radius 2 is 1.47 bits per heavy atom. The summed E-state index contributed by atoms with van der Waals surface area (Å²) in [5.74, 6) is 0.606. The summed E-state index contributed by atoms with van der Waals surface area (Å²) in [7, 11) is 0. The molecule has 5 aliphatic carbocycles. The summed E-state index contributed by atoms with van der Waals surface area (Å²) in [6.45, 7) is 17.3. The first-order chi connectivity index (χ1) is 36.7. The molecule has 4 heterocycles. The molecule has 7 fully saturated rings. The van der Waals surface area contributed by atoms with E-state index in [-0.39, 0.29) is 58.2 Å². The number of nitro groups is 1. The van der Waals surface area contributed by atoms with Crippen LogP contribution in [-0.4, -0.2) is 172 Å². The summed E-state index contributed by atoms with van der Waals surface area (Å²) in [6, 6.07) is 6.07. The molecule has 1 aromatic heterocycles. The molecule has 0 radical (unpaired) electrons. The van der Waals surface area contributed by atoms with Gasteiger partial charge in [-0.25, -0.2) is 4.68 Å². The number of amides is 1. The second-order valence-corrected chi connectivity index (χ2v) is 26.3. The highest BCUT2D eigenvalue weighted by molar-refractivity contribution is 5.84. The number of carbonyl (C=O) groups excluding carboxylic acids is 1. The van der Waals surface area contributed by atoms with E-state index < -0.39 is 114 Å². The van der Waals surface area contributed by atoms with Crippen LogP contribution in [0, 0.1) is 60.4 Å².